The summed E-state index contributed by atoms with van der Waals surface area (Å²) >= 11 is 0. The Morgan fingerprint density at radius 2 is 2.06 bits per heavy atom. The zero-order valence-electron chi connectivity index (χ0n) is 9.48. The molecule has 1 aromatic rings. The van der Waals surface area contributed by atoms with E-state index >= 15 is 0 Å². The van der Waals surface area contributed by atoms with E-state index < -0.39 is 0 Å². The van der Waals surface area contributed by atoms with Gasteiger partial charge in [-0.3, -0.25) is 9.59 Å². The smallest absolute Gasteiger partial charge is 0.254 e. The number of nitrogens with one attached hydrogen (secondary N) is 1. The van der Waals surface area contributed by atoms with Gasteiger partial charge in [-0.2, -0.15) is 0 Å². The van der Waals surface area contributed by atoms with Gasteiger partial charge in [-0.25, -0.2) is 0 Å². The van der Waals surface area contributed by atoms with Crippen LogP contribution in [0, 0.1) is 0 Å². The largest absolute Gasteiger partial charge is 0.354 e. The van der Waals surface area contributed by atoms with Gasteiger partial charge < -0.3 is 10.2 Å². The van der Waals surface area contributed by atoms with Crippen LogP contribution < -0.4 is 5.32 Å². The summed E-state index contributed by atoms with van der Waals surface area (Å²) in [5, 5.41) is 2.82. The van der Waals surface area contributed by atoms with Crippen LogP contribution in [0.25, 0.3) is 0 Å². The normalized spacial score (nSPS) is 23.5. The highest BCUT2D eigenvalue weighted by atomic mass is 16.2. The Morgan fingerprint density at radius 3 is 2.76 bits per heavy atom. The molecule has 1 aromatic carbocycles. The van der Waals surface area contributed by atoms with Crippen molar-refractivity contribution in [3.8, 4) is 0 Å². The van der Waals surface area contributed by atoms with Crippen LogP contribution in [0.3, 0.4) is 0 Å². The maximum absolute atomic E-state index is 12.2. The lowest BCUT2D eigenvalue weighted by molar-refractivity contribution is -0.123. The SMILES string of the molecule is O=C1CCC(N2Cc3ccccc3C2=O)CN1. The van der Waals surface area contributed by atoms with Crippen LogP contribution in [0.4, 0.5) is 0 Å². The standard InChI is InChI=1S/C13H14N2O2/c16-12-6-5-10(7-14-12)15-8-9-3-1-2-4-11(9)13(15)17/h1-4,10H,5-8H2,(H,14,16). The first-order chi connectivity index (χ1) is 8.25. The highest BCUT2D eigenvalue weighted by molar-refractivity contribution is 5.98. The van der Waals surface area contributed by atoms with Gasteiger partial charge in [-0.15, -0.1) is 0 Å². The number of amides is 2. The third-order valence-electron chi connectivity index (χ3n) is 3.53. The Bertz CT molecular complexity index is 474. The predicted octanol–water partition coefficient (Wildman–Crippen LogP) is 0.921. The van der Waals surface area contributed by atoms with Crippen molar-refractivity contribution in [1.82, 2.24) is 10.2 Å². The monoisotopic (exact) mass is 230 g/mol. The molecule has 0 aromatic heterocycles. The number of fused-ring (bicyclic) bond motifs is 1. The summed E-state index contributed by atoms with van der Waals surface area (Å²) in [6.07, 6.45) is 1.29. The first kappa shape index (κ1) is 10.3. The fourth-order valence-corrected chi connectivity index (χ4v) is 2.56. The van der Waals surface area contributed by atoms with E-state index in [-0.39, 0.29) is 17.9 Å². The van der Waals surface area contributed by atoms with E-state index in [0.29, 0.717) is 19.5 Å². The molecule has 1 fully saturated rings. The summed E-state index contributed by atoms with van der Waals surface area (Å²) in [6.45, 7) is 1.26. The van der Waals surface area contributed by atoms with Crippen LogP contribution in [0.2, 0.25) is 0 Å². The van der Waals surface area contributed by atoms with Crippen LogP contribution >= 0.6 is 0 Å². The van der Waals surface area contributed by atoms with Crippen LogP contribution in [0.1, 0.15) is 28.8 Å². The molecule has 1 saturated heterocycles. The first-order valence-corrected chi connectivity index (χ1v) is 5.91. The molecule has 0 spiro atoms. The number of carbonyl (C=O) groups excluding carboxylic acids is 2. The maximum Gasteiger partial charge on any atom is 0.254 e. The molecule has 1 unspecified atom stereocenters. The second-order valence-corrected chi connectivity index (χ2v) is 4.59. The molecule has 2 amide bonds. The van der Waals surface area contributed by atoms with E-state index in [1.54, 1.807) is 0 Å². The van der Waals surface area contributed by atoms with E-state index in [0.717, 1.165) is 17.5 Å². The van der Waals surface area contributed by atoms with E-state index in [9.17, 15) is 9.59 Å². The molecule has 3 rings (SSSR count). The Hall–Kier alpha value is -1.84. The zero-order chi connectivity index (χ0) is 11.8. The van der Waals surface area contributed by atoms with Crippen molar-refractivity contribution in [2.45, 2.75) is 25.4 Å². The van der Waals surface area contributed by atoms with Gasteiger partial charge in [0.15, 0.2) is 0 Å². The number of rotatable bonds is 1. The third-order valence-corrected chi connectivity index (χ3v) is 3.53. The Balaban J connectivity index is 1.80. The fraction of sp³-hybridized carbons (Fsp3) is 0.385. The van der Waals surface area contributed by atoms with Crippen molar-refractivity contribution in [2.24, 2.45) is 0 Å². The van der Waals surface area contributed by atoms with Crippen LogP contribution in [-0.4, -0.2) is 29.3 Å². The molecular weight excluding hydrogens is 216 g/mol. The minimum atomic E-state index is 0.0883. The van der Waals surface area contributed by atoms with Crippen LogP contribution in [0.15, 0.2) is 24.3 Å². The maximum atomic E-state index is 12.2. The summed E-state index contributed by atoms with van der Waals surface area (Å²) in [5.74, 6) is 0.187. The second-order valence-electron chi connectivity index (χ2n) is 4.59. The number of hydrogen-bond donors (Lipinski definition) is 1. The van der Waals surface area contributed by atoms with Gasteiger partial charge in [0, 0.05) is 25.1 Å². The number of nitrogens with zero attached hydrogens (tertiary/aromatic N) is 1. The summed E-state index contributed by atoms with van der Waals surface area (Å²) in [7, 11) is 0. The number of piperidine rings is 1. The van der Waals surface area contributed by atoms with Gasteiger partial charge in [0.1, 0.15) is 0 Å². The highest BCUT2D eigenvalue weighted by Crippen LogP contribution is 2.26. The lowest BCUT2D eigenvalue weighted by atomic mass is 10.1. The average Bonchev–Trinajstić information content (AvgIpc) is 2.69. The molecule has 0 aliphatic carbocycles. The molecule has 2 aliphatic rings. The van der Waals surface area contributed by atoms with Gasteiger partial charge in [0.05, 0.1) is 6.04 Å². The lowest BCUT2D eigenvalue weighted by Gasteiger charge is -2.31. The molecule has 0 saturated carbocycles. The molecule has 4 heteroatoms. The van der Waals surface area contributed by atoms with Crippen molar-refractivity contribution in [1.29, 1.82) is 0 Å². The van der Waals surface area contributed by atoms with Crippen LogP contribution in [0.5, 0.6) is 0 Å². The van der Waals surface area contributed by atoms with E-state index in [2.05, 4.69) is 5.32 Å². The molecule has 0 bridgehead atoms. The molecule has 1 N–H and O–H groups in total. The molecule has 1 atom stereocenters. The molecular formula is C13H14N2O2. The first-order valence-electron chi connectivity index (χ1n) is 5.91. The van der Waals surface area contributed by atoms with Gasteiger partial charge >= 0.3 is 0 Å². The number of carbonyl (C=O) groups is 2. The van der Waals surface area contributed by atoms with E-state index in [4.69, 9.17) is 0 Å². The second kappa shape index (κ2) is 3.87. The summed E-state index contributed by atoms with van der Waals surface area (Å²) < 4.78 is 0. The van der Waals surface area contributed by atoms with Gasteiger partial charge in [0.25, 0.3) is 5.91 Å². The van der Waals surface area contributed by atoms with Gasteiger partial charge in [0.2, 0.25) is 5.91 Å². The number of benzene rings is 1. The molecule has 88 valence electrons. The summed E-state index contributed by atoms with van der Waals surface area (Å²) in [5.41, 5.74) is 1.90. The fourth-order valence-electron chi connectivity index (χ4n) is 2.56. The molecule has 4 nitrogen and oxygen atoms in total. The lowest BCUT2D eigenvalue weighted by Crippen LogP contribution is -2.48. The van der Waals surface area contributed by atoms with Crippen molar-refractivity contribution >= 4 is 11.8 Å². The highest BCUT2D eigenvalue weighted by Gasteiger charge is 2.33. The molecule has 2 aliphatic heterocycles. The topological polar surface area (TPSA) is 49.4 Å². The zero-order valence-corrected chi connectivity index (χ0v) is 9.48. The van der Waals surface area contributed by atoms with Crippen molar-refractivity contribution in [3.63, 3.8) is 0 Å². The summed E-state index contributed by atoms with van der Waals surface area (Å²) in [4.78, 5) is 25.2. The third kappa shape index (κ3) is 1.69. The Labute approximate surface area is 99.6 Å². The Morgan fingerprint density at radius 1 is 1.24 bits per heavy atom. The van der Waals surface area contributed by atoms with Crippen molar-refractivity contribution in [2.75, 3.05) is 6.54 Å². The van der Waals surface area contributed by atoms with E-state index in [1.165, 1.54) is 0 Å². The minimum Gasteiger partial charge on any atom is -0.354 e. The van der Waals surface area contributed by atoms with Crippen molar-refractivity contribution in [3.05, 3.63) is 35.4 Å². The average molecular weight is 230 g/mol. The van der Waals surface area contributed by atoms with Crippen LogP contribution in [-0.2, 0) is 11.3 Å². The molecule has 0 radical (unpaired) electrons. The molecule has 17 heavy (non-hydrogen) atoms. The number of hydrogen-bond acceptors (Lipinski definition) is 2. The van der Waals surface area contributed by atoms with E-state index in [1.807, 2.05) is 29.2 Å². The quantitative estimate of drug-likeness (QED) is 0.780. The Kier molecular flexibility index (Phi) is 2.35. The summed E-state index contributed by atoms with van der Waals surface area (Å²) in [6, 6.07) is 7.86. The minimum absolute atomic E-state index is 0.0883. The van der Waals surface area contributed by atoms with Crippen molar-refractivity contribution < 1.29 is 9.59 Å². The predicted molar refractivity (Wildman–Crippen MR) is 62.3 cm³/mol. The van der Waals surface area contributed by atoms with Gasteiger partial charge in [-0.1, -0.05) is 18.2 Å². The van der Waals surface area contributed by atoms with Gasteiger partial charge in [-0.05, 0) is 18.1 Å². The molecule has 2 heterocycles.